The van der Waals surface area contributed by atoms with E-state index in [4.69, 9.17) is 0 Å². The van der Waals surface area contributed by atoms with Crippen molar-refractivity contribution in [3.63, 3.8) is 0 Å². The highest BCUT2D eigenvalue weighted by atomic mass is 32.2. The van der Waals surface area contributed by atoms with E-state index in [0.717, 1.165) is 60.8 Å². The molecule has 0 atom stereocenters. The third kappa shape index (κ3) is 6.39. The molecule has 27 heavy (non-hydrogen) atoms. The van der Waals surface area contributed by atoms with Crippen molar-refractivity contribution in [1.29, 1.82) is 0 Å². The molecule has 2 aromatic heterocycles. The molecule has 1 saturated heterocycles. The Hall–Kier alpha value is -1.80. The molecule has 1 aliphatic rings. The summed E-state index contributed by atoms with van der Waals surface area (Å²) < 4.78 is 1.15. The minimum atomic E-state index is 0.461. The normalized spacial score (nSPS) is 15.8. The molecular weight excluding hydrogens is 376 g/mol. The first-order valence-electron chi connectivity index (χ1n) is 9.41. The van der Waals surface area contributed by atoms with Crippen LogP contribution in [0.15, 0.2) is 39.2 Å². The summed E-state index contributed by atoms with van der Waals surface area (Å²) in [5.74, 6) is 3.06. The molecule has 2 aromatic rings. The number of thiazole rings is 1. The van der Waals surface area contributed by atoms with Crippen molar-refractivity contribution in [2.45, 2.75) is 36.6 Å². The Balaban J connectivity index is 1.33. The number of anilines is 1. The quantitative estimate of drug-likeness (QED) is 0.320. The lowest BCUT2D eigenvalue weighted by atomic mass is 10.1. The summed E-state index contributed by atoms with van der Waals surface area (Å²) in [5.41, 5.74) is 1.20. The molecular formula is C19H28N6S2. The number of thioether (sulfide) groups is 1. The molecule has 1 fully saturated rings. The van der Waals surface area contributed by atoms with Crippen LogP contribution in [-0.4, -0.2) is 54.4 Å². The third-order valence-corrected chi connectivity index (χ3v) is 6.58. The summed E-state index contributed by atoms with van der Waals surface area (Å²) in [7, 11) is 1.84. The van der Waals surface area contributed by atoms with Gasteiger partial charge in [0.1, 0.15) is 10.2 Å². The zero-order chi connectivity index (χ0) is 18.9. The fourth-order valence-electron chi connectivity index (χ4n) is 3.01. The second-order valence-corrected chi connectivity index (χ2v) is 8.84. The van der Waals surface area contributed by atoms with Crippen molar-refractivity contribution in [2.75, 3.05) is 37.3 Å². The van der Waals surface area contributed by atoms with E-state index in [0.29, 0.717) is 6.04 Å². The first-order chi connectivity index (χ1) is 13.2. The minimum absolute atomic E-state index is 0.461. The molecule has 0 amide bonds. The number of aryl methyl sites for hydroxylation is 1. The molecule has 0 radical (unpaired) electrons. The number of aliphatic imine (C=N–C) groups is 1. The van der Waals surface area contributed by atoms with Gasteiger partial charge in [-0.25, -0.2) is 9.97 Å². The van der Waals surface area contributed by atoms with Crippen molar-refractivity contribution in [2.24, 2.45) is 4.99 Å². The Labute approximate surface area is 169 Å². The summed E-state index contributed by atoms with van der Waals surface area (Å²) in [6.45, 7) is 5.04. The number of nitrogens with one attached hydrogen (secondary N) is 2. The van der Waals surface area contributed by atoms with Gasteiger partial charge in [0.15, 0.2) is 5.96 Å². The van der Waals surface area contributed by atoms with Gasteiger partial charge in [-0.05, 0) is 37.8 Å². The van der Waals surface area contributed by atoms with E-state index in [2.05, 4.69) is 49.6 Å². The van der Waals surface area contributed by atoms with Crippen LogP contribution in [0, 0.1) is 6.92 Å². The van der Waals surface area contributed by atoms with E-state index < -0.39 is 0 Å². The molecule has 146 valence electrons. The van der Waals surface area contributed by atoms with Gasteiger partial charge in [-0.3, -0.25) is 4.99 Å². The molecule has 3 heterocycles. The standard InChI is InChI=1S/C19H28N6S2/c1-15-4-5-17(23-14-15)25-10-6-16(7-11-25)24-18(20-2)21-8-3-12-26-19-22-9-13-27-19/h4-5,9,13-14,16H,3,6-8,10-12H2,1-2H3,(H2,20,21,24). The number of guanidine groups is 1. The van der Waals surface area contributed by atoms with Crippen molar-refractivity contribution in [1.82, 2.24) is 20.6 Å². The zero-order valence-electron chi connectivity index (χ0n) is 16.0. The van der Waals surface area contributed by atoms with E-state index in [1.54, 1.807) is 11.3 Å². The van der Waals surface area contributed by atoms with Crippen LogP contribution in [-0.2, 0) is 0 Å². The van der Waals surface area contributed by atoms with E-state index in [-0.39, 0.29) is 0 Å². The van der Waals surface area contributed by atoms with Crippen molar-refractivity contribution >= 4 is 34.9 Å². The van der Waals surface area contributed by atoms with Gasteiger partial charge in [-0.2, -0.15) is 0 Å². The number of rotatable bonds is 7. The van der Waals surface area contributed by atoms with Gasteiger partial charge in [0.2, 0.25) is 0 Å². The van der Waals surface area contributed by atoms with Crippen LogP contribution in [0.25, 0.3) is 0 Å². The molecule has 2 N–H and O–H groups in total. The summed E-state index contributed by atoms with van der Waals surface area (Å²) in [6, 6.07) is 4.71. The molecule has 0 aliphatic carbocycles. The maximum Gasteiger partial charge on any atom is 0.191 e. The molecule has 1 aliphatic heterocycles. The second-order valence-electron chi connectivity index (χ2n) is 6.60. The predicted molar refractivity (Wildman–Crippen MR) is 116 cm³/mol. The Morgan fingerprint density at radius 2 is 2.19 bits per heavy atom. The average molecular weight is 405 g/mol. The van der Waals surface area contributed by atoms with Crippen LogP contribution in [0.3, 0.4) is 0 Å². The van der Waals surface area contributed by atoms with Gasteiger partial charge in [-0.1, -0.05) is 17.8 Å². The number of pyridine rings is 1. The van der Waals surface area contributed by atoms with Crippen molar-refractivity contribution < 1.29 is 0 Å². The second kappa shape index (κ2) is 10.5. The minimum Gasteiger partial charge on any atom is -0.356 e. The lowest BCUT2D eigenvalue weighted by molar-refractivity contribution is 0.459. The molecule has 0 spiro atoms. The van der Waals surface area contributed by atoms with Crippen LogP contribution >= 0.6 is 23.1 Å². The van der Waals surface area contributed by atoms with Crippen LogP contribution in [0.2, 0.25) is 0 Å². The van der Waals surface area contributed by atoms with Crippen molar-refractivity contribution in [3.05, 3.63) is 35.5 Å². The first-order valence-corrected chi connectivity index (χ1v) is 11.3. The zero-order valence-corrected chi connectivity index (χ0v) is 17.7. The fraction of sp³-hybridized carbons (Fsp3) is 0.526. The Morgan fingerprint density at radius 1 is 1.33 bits per heavy atom. The van der Waals surface area contributed by atoms with Crippen LogP contribution in [0.1, 0.15) is 24.8 Å². The molecule has 8 heteroatoms. The molecule has 3 rings (SSSR count). The highest BCUT2D eigenvalue weighted by Gasteiger charge is 2.20. The number of nitrogens with zero attached hydrogens (tertiary/aromatic N) is 4. The Kier molecular flexibility index (Phi) is 7.77. The van der Waals surface area contributed by atoms with Crippen LogP contribution in [0.4, 0.5) is 5.82 Å². The topological polar surface area (TPSA) is 65.4 Å². The predicted octanol–water partition coefficient (Wildman–Crippen LogP) is 3.16. The van der Waals surface area contributed by atoms with E-state index in [1.807, 2.05) is 36.6 Å². The van der Waals surface area contributed by atoms with Crippen molar-refractivity contribution in [3.8, 4) is 0 Å². The summed E-state index contributed by atoms with van der Waals surface area (Å²) in [5, 5.41) is 9.01. The lowest BCUT2D eigenvalue weighted by Crippen LogP contribution is -2.49. The van der Waals surface area contributed by atoms with Crippen LogP contribution < -0.4 is 15.5 Å². The maximum absolute atomic E-state index is 4.54. The van der Waals surface area contributed by atoms with Gasteiger partial charge in [0, 0.05) is 56.3 Å². The molecule has 0 bridgehead atoms. The number of aromatic nitrogens is 2. The van der Waals surface area contributed by atoms with Gasteiger partial charge in [0.25, 0.3) is 0 Å². The lowest BCUT2D eigenvalue weighted by Gasteiger charge is -2.33. The molecule has 0 unspecified atom stereocenters. The summed E-state index contributed by atoms with van der Waals surface area (Å²) in [4.78, 5) is 15.6. The van der Waals surface area contributed by atoms with Gasteiger partial charge < -0.3 is 15.5 Å². The maximum atomic E-state index is 4.54. The largest absolute Gasteiger partial charge is 0.356 e. The fourth-order valence-corrected chi connectivity index (χ4v) is 4.66. The smallest absolute Gasteiger partial charge is 0.191 e. The SMILES string of the molecule is CN=C(NCCCSc1nccs1)NC1CCN(c2ccc(C)cn2)CC1. The summed E-state index contributed by atoms with van der Waals surface area (Å²) >= 11 is 3.52. The van der Waals surface area contributed by atoms with Crippen LogP contribution in [0.5, 0.6) is 0 Å². The number of piperidine rings is 1. The average Bonchev–Trinajstić information content (AvgIpc) is 3.21. The van der Waals surface area contributed by atoms with E-state index >= 15 is 0 Å². The highest BCUT2D eigenvalue weighted by Crippen LogP contribution is 2.20. The summed E-state index contributed by atoms with van der Waals surface area (Å²) in [6.07, 6.45) is 7.07. The third-order valence-electron chi connectivity index (χ3n) is 4.53. The van der Waals surface area contributed by atoms with E-state index in [1.165, 1.54) is 5.56 Å². The first kappa shape index (κ1) is 19.9. The highest BCUT2D eigenvalue weighted by molar-refractivity contribution is 8.00. The number of hydrogen-bond acceptors (Lipinski definition) is 6. The molecule has 0 aromatic carbocycles. The molecule has 0 saturated carbocycles. The van der Waals surface area contributed by atoms with Gasteiger partial charge >= 0.3 is 0 Å². The van der Waals surface area contributed by atoms with E-state index in [9.17, 15) is 0 Å². The van der Waals surface area contributed by atoms with Gasteiger partial charge in [0.05, 0.1) is 0 Å². The Morgan fingerprint density at radius 3 is 2.85 bits per heavy atom. The molecule has 6 nitrogen and oxygen atoms in total. The van der Waals surface area contributed by atoms with Gasteiger partial charge in [-0.15, -0.1) is 11.3 Å². The monoisotopic (exact) mass is 404 g/mol. The number of hydrogen-bond donors (Lipinski definition) is 2. The Bertz CT molecular complexity index is 693.